The van der Waals surface area contributed by atoms with E-state index in [-0.39, 0.29) is 30.5 Å². The van der Waals surface area contributed by atoms with Gasteiger partial charge in [0.2, 0.25) is 0 Å². The van der Waals surface area contributed by atoms with Crippen LogP contribution in [0.25, 0.3) is 0 Å². The molecule has 0 radical (unpaired) electrons. The third-order valence-electron chi connectivity index (χ3n) is 3.70. The van der Waals surface area contributed by atoms with Crippen LogP contribution >= 0.6 is 0 Å². The van der Waals surface area contributed by atoms with Crippen LogP contribution in [0.3, 0.4) is 0 Å². The molecule has 1 atom stereocenters. The molecule has 0 aliphatic heterocycles. The van der Waals surface area contributed by atoms with E-state index in [0.717, 1.165) is 37.8 Å². The first-order valence-corrected chi connectivity index (χ1v) is 7.69. The number of hydrogen-bond acceptors (Lipinski definition) is 2. The predicted molar refractivity (Wildman–Crippen MR) is 79.9 cm³/mol. The number of halogens is 2. The van der Waals surface area contributed by atoms with Crippen LogP contribution in [0.2, 0.25) is 0 Å². The normalized spacial score (nSPS) is 16.9. The predicted octanol–water partition coefficient (Wildman–Crippen LogP) is 3.36. The van der Waals surface area contributed by atoms with Crippen molar-refractivity contribution in [3.63, 3.8) is 0 Å². The van der Waals surface area contributed by atoms with E-state index in [1.807, 2.05) is 0 Å². The highest BCUT2D eigenvalue weighted by atomic mass is 19.1. The molecule has 122 valence electrons. The third kappa shape index (κ3) is 5.16. The first kappa shape index (κ1) is 16.5. The third-order valence-corrected chi connectivity index (χ3v) is 3.70. The number of rotatable bonds is 5. The Morgan fingerprint density at radius 3 is 2.73 bits per heavy atom. The summed E-state index contributed by atoms with van der Waals surface area (Å²) in [6.07, 6.45) is 5.55. The maximum atomic E-state index is 13.4. The highest BCUT2D eigenvalue weighted by Crippen LogP contribution is 2.18. The summed E-state index contributed by atoms with van der Waals surface area (Å²) in [7, 11) is 0. The lowest BCUT2D eigenvalue weighted by atomic mass is 9.96. The monoisotopic (exact) mass is 312 g/mol. The van der Waals surface area contributed by atoms with Crippen molar-refractivity contribution >= 4 is 6.03 Å². The van der Waals surface area contributed by atoms with Crippen LogP contribution in [0.15, 0.2) is 18.2 Å². The van der Waals surface area contributed by atoms with Gasteiger partial charge in [0, 0.05) is 12.1 Å². The summed E-state index contributed by atoms with van der Waals surface area (Å²) >= 11 is 0. The molecule has 1 aromatic rings. The van der Waals surface area contributed by atoms with Crippen LogP contribution in [-0.2, 0) is 0 Å². The molecule has 0 aromatic heterocycles. The van der Waals surface area contributed by atoms with Gasteiger partial charge in [-0.25, -0.2) is 13.6 Å². The maximum Gasteiger partial charge on any atom is 0.315 e. The van der Waals surface area contributed by atoms with Gasteiger partial charge in [-0.05, 0) is 31.9 Å². The zero-order valence-electron chi connectivity index (χ0n) is 12.7. The Bertz CT molecular complexity index is 505. The van der Waals surface area contributed by atoms with E-state index in [9.17, 15) is 13.6 Å². The minimum absolute atomic E-state index is 0.0252. The van der Waals surface area contributed by atoms with Crippen LogP contribution in [0.5, 0.6) is 5.75 Å². The van der Waals surface area contributed by atoms with Crippen molar-refractivity contribution in [2.24, 2.45) is 0 Å². The first-order chi connectivity index (χ1) is 10.5. The van der Waals surface area contributed by atoms with Gasteiger partial charge in [-0.3, -0.25) is 0 Å². The molecule has 1 aliphatic rings. The van der Waals surface area contributed by atoms with Crippen molar-refractivity contribution in [1.29, 1.82) is 0 Å². The highest BCUT2D eigenvalue weighted by Gasteiger charge is 2.17. The van der Waals surface area contributed by atoms with Gasteiger partial charge in [-0.1, -0.05) is 19.3 Å². The molecule has 22 heavy (non-hydrogen) atoms. The van der Waals surface area contributed by atoms with Gasteiger partial charge in [0.1, 0.15) is 12.4 Å². The average Bonchev–Trinajstić information content (AvgIpc) is 2.47. The molecule has 0 bridgehead atoms. The molecule has 2 N–H and O–H groups in total. The van der Waals surface area contributed by atoms with Gasteiger partial charge in [-0.15, -0.1) is 0 Å². The van der Waals surface area contributed by atoms with E-state index in [1.54, 1.807) is 6.92 Å². The summed E-state index contributed by atoms with van der Waals surface area (Å²) in [4.78, 5) is 11.8. The van der Waals surface area contributed by atoms with E-state index in [0.29, 0.717) is 0 Å². The fourth-order valence-electron chi connectivity index (χ4n) is 2.55. The fraction of sp³-hybridized carbons (Fsp3) is 0.562. The number of nitrogens with one attached hydrogen (secondary N) is 2. The van der Waals surface area contributed by atoms with Crippen molar-refractivity contribution in [3.05, 3.63) is 29.8 Å². The molecule has 0 unspecified atom stereocenters. The van der Waals surface area contributed by atoms with Crippen LogP contribution in [-0.4, -0.2) is 24.7 Å². The number of benzene rings is 1. The minimum atomic E-state index is -0.751. The van der Waals surface area contributed by atoms with E-state index >= 15 is 0 Å². The van der Waals surface area contributed by atoms with E-state index < -0.39 is 11.6 Å². The van der Waals surface area contributed by atoms with Crippen molar-refractivity contribution in [2.45, 2.75) is 51.1 Å². The molecule has 2 rings (SSSR count). The second kappa shape index (κ2) is 7.96. The van der Waals surface area contributed by atoms with Gasteiger partial charge in [-0.2, -0.15) is 0 Å². The Balaban J connectivity index is 1.72. The Kier molecular flexibility index (Phi) is 5.98. The molecule has 1 aromatic carbocycles. The zero-order valence-corrected chi connectivity index (χ0v) is 12.7. The molecule has 1 fully saturated rings. The lowest BCUT2D eigenvalue weighted by molar-refractivity contribution is 0.218. The molecule has 1 saturated carbocycles. The zero-order chi connectivity index (χ0) is 15.9. The Morgan fingerprint density at radius 2 is 2.05 bits per heavy atom. The highest BCUT2D eigenvalue weighted by molar-refractivity contribution is 5.74. The van der Waals surface area contributed by atoms with E-state index in [4.69, 9.17) is 4.74 Å². The number of hydrogen-bond donors (Lipinski definition) is 2. The Morgan fingerprint density at radius 1 is 1.32 bits per heavy atom. The minimum Gasteiger partial charge on any atom is -0.488 e. The molecule has 2 amide bonds. The van der Waals surface area contributed by atoms with Crippen molar-refractivity contribution in [3.8, 4) is 5.75 Å². The second-order valence-electron chi connectivity index (χ2n) is 5.74. The van der Waals surface area contributed by atoms with E-state index in [2.05, 4.69) is 10.6 Å². The van der Waals surface area contributed by atoms with Crippen molar-refractivity contribution < 1.29 is 18.3 Å². The topological polar surface area (TPSA) is 50.4 Å². The van der Waals surface area contributed by atoms with Gasteiger partial charge >= 0.3 is 6.03 Å². The molecule has 0 saturated heterocycles. The molecule has 1 aliphatic carbocycles. The first-order valence-electron chi connectivity index (χ1n) is 7.69. The molecule has 0 heterocycles. The average molecular weight is 312 g/mol. The number of carbonyl (C=O) groups is 1. The number of carbonyl (C=O) groups excluding carboxylic acids is 1. The molecular formula is C16H22F2N2O2. The quantitative estimate of drug-likeness (QED) is 0.876. The largest absolute Gasteiger partial charge is 0.488 e. The summed E-state index contributed by atoms with van der Waals surface area (Å²) in [5.41, 5.74) is 0. The Labute approximate surface area is 129 Å². The fourth-order valence-corrected chi connectivity index (χ4v) is 2.55. The summed E-state index contributed by atoms with van der Waals surface area (Å²) in [5.74, 6) is -1.43. The SMILES string of the molecule is C[C@@H](COc1ccc(F)cc1F)NC(=O)NC1CCCCC1. The summed E-state index contributed by atoms with van der Waals surface area (Å²) in [6.45, 7) is 1.88. The van der Waals surface area contributed by atoms with Gasteiger partial charge in [0.25, 0.3) is 0 Å². The lowest BCUT2D eigenvalue weighted by Crippen LogP contribution is -2.47. The molecule has 4 nitrogen and oxygen atoms in total. The number of ether oxygens (including phenoxy) is 1. The molecule has 6 heteroatoms. The van der Waals surface area contributed by atoms with Crippen LogP contribution in [0.1, 0.15) is 39.0 Å². The van der Waals surface area contributed by atoms with Crippen molar-refractivity contribution in [1.82, 2.24) is 10.6 Å². The second-order valence-corrected chi connectivity index (χ2v) is 5.74. The summed E-state index contributed by atoms with van der Waals surface area (Å²) < 4.78 is 31.4. The summed E-state index contributed by atoms with van der Waals surface area (Å²) in [5, 5.41) is 5.69. The standard InChI is InChI=1S/C16H22F2N2O2/c1-11(10-22-15-8-7-12(17)9-14(15)18)19-16(21)20-13-5-3-2-4-6-13/h7-9,11,13H,2-6,10H2,1H3,(H2,19,20,21)/t11-/m0/s1. The van der Waals surface area contributed by atoms with Crippen LogP contribution < -0.4 is 15.4 Å². The smallest absolute Gasteiger partial charge is 0.315 e. The van der Waals surface area contributed by atoms with Gasteiger partial charge in [0.05, 0.1) is 6.04 Å². The van der Waals surface area contributed by atoms with Crippen LogP contribution in [0.4, 0.5) is 13.6 Å². The molecular weight excluding hydrogens is 290 g/mol. The van der Waals surface area contributed by atoms with Gasteiger partial charge < -0.3 is 15.4 Å². The van der Waals surface area contributed by atoms with Gasteiger partial charge in [0.15, 0.2) is 11.6 Å². The summed E-state index contributed by atoms with van der Waals surface area (Å²) in [6, 6.07) is 2.85. The Hall–Kier alpha value is -1.85. The molecule has 0 spiro atoms. The number of amides is 2. The van der Waals surface area contributed by atoms with Crippen molar-refractivity contribution in [2.75, 3.05) is 6.61 Å². The maximum absolute atomic E-state index is 13.4. The van der Waals surface area contributed by atoms with Crippen LogP contribution in [0, 0.1) is 11.6 Å². The number of urea groups is 1. The van der Waals surface area contributed by atoms with E-state index in [1.165, 1.54) is 12.5 Å². The lowest BCUT2D eigenvalue weighted by Gasteiger charge is -2.24.